The zero-order valence-corrected chi connectivity index (χ0v) is 7.73. The maximum absolute atomic E-state index is 2.39. The number of unbranched alkanes of at least 4 members (excludes halogenated alkanes) is 1. The molecule has 1 heterocycles. The van der Waals surface area contributed by atoms with Gasteiger partial charge in [-0.05, 0) is 6.42 Å². The summed E-state index contributed by atoms with van der Waals surface area (Å²) in [5.74, 6) is 0. The van der Waals surface area contributed by atoms with Gasteiger partial charge >= 0.3 is 0 Å². The van der Waals surface area contributed by atoms with Gasteiger partial charge in [-0.1, -0.05) is 44.1 Å². The average Bonchev–Trinajstić information content (AvgIpc) is 2.75. The molecule has 0 saturated carbocycles. The van der Waals surface area contributed by atoms with E-state index in [4.69, 9.17) is 0 Å². The molecule has 0 aromatic rings. The molecule has 0 N–H and O–H groups in total. The smallest absolute Gasteiger partial charge is 0.0502 e. The van der Waals surface area contributed by atoms with E-state index in [-0.39, 0.29) is 0 Å². The normalized spacial score (nSPS) is 38.8. The Morgan fingerprint density at radius 3 is 3.09 bits per heavy atom. The van der Waals surface area contributed by atoms with E-state index < -0.39 is 0 Å². The van der Waals surface area contributed by atoms with Gasteiger partial charge in [0.15, 0.2) is 0 Å². The van der Waals surface area contributed by atoms with Crippen LogP contribution in [-0.2, 0) is 0 Å². The van der Waals surface area contributed by atoms with Crippen LogP contribution >= 0.6 is 11.8 Å². The zero-order chi connectivity index (χ0) is 7.73. The van der Waals surface area contributed by atoms with Gasteiger partial charge in [0, 0.05) is 5.25 Å². The first-order valence-electron chi connectivity index (χ1n) is 4.41. The van der Waals surface area contributed by atoms with E-state index >= 15 is 0 Å². The number of hydrogen-bond donors (Lipinski definition) is 0. The van der Waals surface area contributed by atoms with Crippen molar-refractivity contribution in [1.82, 2.24) is 0 Å². The maximum Gasteiger partial charge on any atom is 0.0502 e. The third kappa shape index (κ3) is 1.26. The van der Waals surface area contributed by atoms with Crippen molar-refractivity contribution in [2.45, 2.75) is 36.2 Å². The Labute approximate surface area is 72.8 Å². The molecule has 1 fully saturated rings. The maximum atomic E-state index is 2.39. The molecular weight excluding hydrogens is 152 g/mol. The molecule has 1 heteroatoms. The van der Waals surface area contributed by atoms with E-state index in [2.05, 4.69) is 43.0 Å². The van der Waals surface area contributed by atoms with Crippen molar-refractivity contribution >= 4 is 11.8 Å². The van der Waals surface area contributed by atoms with Gasteiger partial charge < -0.3 is 0 Å². The second-order valence-electron chi connectivity index (χ2n) is 3.34. The highest BCUT2D eigenvalue weighted by Crippen LogP contribution is 2.59. The molecule has 2 unspecified atom stereocenters. The van der Waals surface area contributed by atoms with Crippen LogP contribution in [0.5, 0.6) is 0 Å². The summed E-state index contributed by atoms with van der Waals surface area (Å²) in [5.41, 5.74) is 0. The topological polar surface area (TPSA) is 0 Å². The van der Waals surface area contributed by atoms with Crippen LogP contribution in [-0.4, -0.2) is 10.00 Å². The standard InChI is InChI=1S/C10H14S/c1-2-3-7-10-8-5-4-6-9(10)11-10/h4-6,8-9H,2-3,7H2,1H3. The second-order valence-corrected chi connectivity index (χ2v) is 4.84. The van der Waals surface area contributed by atoms with Gasteiger partial charge in [0.25, 0.3) is 0 Å². The van der Waals surface area contributed by atoms with Crippen LogP contribution in [0.4, 0.5) is 0 Å². The second kappa shape index (κ2) is 2.71. The minimum Gasteiger partial charge on any atom is -0.140 e. The summed E-state index contributed by atoms with van der Waals surface area (Å²) in [5, 5.41) is 0.819. The summed E-state index contributed by atoms with van der Waals surface area (Å²) >= 11 is 2.11. The van der Waals surface area contributed by atoms with Crippen molar-refractivity contribution in [1.29, 1.82) is 0 Å². The van der Waals surface area contributed by atoms with Gasteiger partial charge in [0.05, 0.1) is 4.75 Å². The lowest BCUT2D eigenvalue weighted by Gasteiger charge is -2.09. The van der Waals surface area contributed by atoms with E-state index in [1.165, 1.54) is 19.3 Å². The summed E-state index contributed by atoms with van der Waals surface area (Å²) in [6.45, 7) is 2.26. The predicted molar refractivity (Wildman–Crippen MR) is 51.9 cm³/mol. The van der Waals surface area contributed by atoms with E-state index in [0.29, 0.717) is 4.75 Å². The van der Waals surface area contributed by atoms with Gasteiger partial charge in [0.2, 0.25) is 0 Å². The van der Waals surface area contributed by atoms with Crippen molar-refractivity contribution in [3.63, 3.8) is 0 Å². The first-order chi connectivity index (χ1) is 5.37. The lowest BCUT2D eigenvalue weighted by atomic mass is 9.95. The van der Waals surface area contributed by atoms with E-state index in [1.54, 1.807) is 0 Å². The van der Waals surface area contributed by atoms with Gasteiger partial charge in [0.1, 0.15) is 0 Å². The Bertz CT molecular complexity index is 205. The molecule has 2 atom stereocenters. The van der Waals surface area contributed by atoms with Crippen LogP contribution in [0.1, 0.15) is 26.2 Å². The molecule has 1 saturated heterocycles. The van der Waals surface area contributed by atoms with Crippen molar-refractivity contribution in [3.05, 3.63) is 24.3 Å². The first-order valence-corrected chi connectivity index (χ1v) is 5.29. The monoisotopic (exact) mass is 166 g/mol. The lowest BCUT2D eigenvalue weighted by molar-refractivity contribution is 0.654. The van der Waals surface area contributed by atoms with Crippen molar-refractivity contribution in [2.24, 2.45) is 0 Å². The molecule has 2 aliphatic rings. The molecule has 1 aliphatic carbocycles. The zero-order valence-electron chi connectivity index (χ0n) is 6.92. The van der Waals surface area contributed by atoms with E-state index in [1.807, 2.05) is 0 Å². The number of rotatable bonds is 3. The van der Waals surface area contributed by atoms with Gasteiger partial charge in [-0.2, -0.15) is 0 Å². The van der Waals surface area contributed by atoms with Crippen LogP contribution in [0, 0.1) is 0 Å². The first kappa shape index (κ1) is 7.48. The SMILES string of the molecule is CCCCC12C=CC=CC1S2. The molecule has 0 amide bonds. The summed E-state index contributed by atoms with van der Waals surface area (Å²) in [4.78, 5) is 0. The number of thioether (sulfide) groups is 1. The largest absolute Gasteiger partial charge is 0.140 e. The fourth-order valence-electron chi connectivity index (χ4n) is 1.66. The molecule has 1 aliphatic heterocycles. The van der Waals surface area contributed by atoms with Crippen molar-refractivity contribution < 1.29 is 0 Å². The summed E-state index contributed by atoms with van der Waals surface area (Å²) < 4.78 is 0.546. The van der Waals surface area contributed by atoms with Crippen LogP contribution in [0.15, 0.2) is 24.3 Å². The molecule has 0 nitrogen and oxygen atoms in total. The predicted octanol–water partition coefficient (Wildman–Crippen LogP) is 3.16. The summed E-state index contributed by atoms with van der Waals surface area (Å²) in [6, 6.07) is 0. The highest BCUT2D eigenvalue weighted by atomic mass is 32.2. The van der Waals surface area contributed by atoms with Crippen LogP contribution in [0.3, 0.4) is 0 Å². The Balaban J connectivity index is 1.94. The molecule has 0 aromatic heterocycles. The number of fused-ring (bicyclic) bond motifs is 1. The molecule has 60 valence electrons. The molecule has 0 spiro atoms. The van der Waals surface area contributed by atoms with Crippen molar-refractivity contribution in [3.8, 4) is 0 Å². The van der Waals surface area contributed by atoms with Crippen LogP contribution in [0.2, 0.25) is 0 Å². The fourth-order valence-corrected chi connectivity index (χ4v) is 2.93. The van der Waals surface area contributed by atoms with Crippen LogP contribution in [0.25, 0.3) is 0 Å². The third-order valence-electron chi connectivity index (χ3n) is 2.47. The Morgan fingerprint density at radius 2 is 2.36 bits per heavy atom. The molecule has 11 heavy (non-hydrogen) atoms. The van der Waals surface area contributed by atoms with Crippen molar-refractivity contribution in [2.75, 3.05) is 0 Å². The Hall–Kier alpha value is -0.170. The molecule has 0 bridgehead atoms. The van der Waals surface area contributed by atoms with E-state index in [9.17, 15) is 0 Å². The molecular formula is C10H14S. The number of hydrogen-bond acceptors (Lipinski definition) is 1. The summed E-state index contributed by atoms with van der Waals surface area (Å²) in [6.07, 6.45) is 13.2. The molecule has 2 rings (SSSR count). The third-order valence-corrected chi connectivity index (χ3v) is 4.08. The Kier molecular flexibility index (Phi) is 1.84. The average molecular weight is 166 g/mol. The molecule has 0 radical (unpaired) electrons. The fraction of sp³-hybridized carbons (Fsp3) is 0.600. The Morgan fingerprint density at radius 1 is 1.45 bits per heavy atom. The van der Waals surface area contributed by atoms with Gasteiger partial charge in [-0.15, -0.1) is 11.8 Å². The quantitative estimate of drug-likeness (QED) is 0.580. The number of allylic oxidation sites excluding steroid dienone is 2. The summed E-state index contributed by atoms with van der Waals surface area (Å²) in [7, 11) is 0. The van der Waals surface area contributed by atoms with E-state index in [0.717, 1.165) is 5.25 Å². The minimum absolute atomic E-state index is 0.546. The lowest BCUT2D eigenvalue weighted by Crippen LogP contribution is -2.11. The minimum atomic E-state index is 0.546. The highest BCUT2D eigenvalue weighted by molar-refractivity contribution is 8.09. The highest BCUT2D eigenvalue weighted by Gasteiger charge is 2.51. The van der Waals surface area contributed by atoms with Gasteiger partial charge in [-0.25, -0.2) is 0 Å². The van der Waals surface area contributed by atoms with Crippen LogP contribution < -0.4 is 0 Å². The van der Waals surface area contributed by atoms with Gasteiger partial charge in [-0.3, -0.25) is 0 Å². The molecule has 0 aromatic carbocycles.